The molecular formula is C13H17NO4. The molecule has 2 atom stereocenters. The van der Waals surface area contributed by atoms with Crippen molar-refractivity contribution in [3.8, 4) is 12.3 Å². The molecule has 1 N–H and O–H groups in total. The van der Waals surface area contributed by atoms with Gasteiger partial charge in [-0.15, -0.1) is 6.42 Å². The molecule has 5 nitrogen and oxygen atoms in total. The largest absolute Gasteiger partial charge is 0.479 e. The van der Waals surface area contributed by atoms with Crippen molar-refractivity contribution in [1.82, 2.24) is 4.90 Å². The topological polar surface area (TPSA) is 66.8 Å². The third-order valence-corrected chi connectivity index (χ3v) is 3.34. The number of carbonyl (C=O) groups excluding carboxylic acids is 1. The molecule has 1 heterocycles. The Morgan fingerprint density at radius 1 is 1.28 bits per heavy atom. The SMILES string of the molecule is C#CCN(CC1CC1)C(=O)[C@@H]1CC[C@H](C(=O)O)O1. The molecular weight excluding hydrogens is 234 g/mol. The molecule has 2 rings (SSSR count). The average Bonchev–Trinajstić information content (AvgIpc) is 3.01. The van der Waals surface area contributed by atoms with Crippen molar-refractivity contribution >= 4 is 11.9 Å². The fourth-order valence-electron chi connectivity index (χ4n) is 2.16. The van der Waals surface area contributed by atoms with E-state index in [4.69, 9.17) is 16.3 Å². The molecule has 0 aromatic rings. The third kappa shape index (κ3) is 3.02. The molecule has 0 spiro atoms. The van der Waals surface area contributed by atoms with E-state index in [-0.39, 0.29) is 12.5 Å². The first-order chi connectivity index (χ1) is 8.61. The van der Waals surface area contributed by atoms with Gasteiger partial charge in [-0.05, 0) is 31.6 Å². The van der Waals surface area contributed by atoms with Gasteiger partial charge in [0.05, 0.1) is 6.54 Å². The number of amides is 1. The fourth-order valence-corrected chi connectivity index (χ4v) is 2.16. The van der Waals surface area contributed by atoms with E-state index in [1.165, 1.54) is 0 Å². The predicted octanol–water partition coefficient (Wildman–Crippen LogP) is 0.490. The van der Waals surface area contributed by atoms with Gasteiger partial charge in [0.25, 0.3) is 5.91 Å². The van der Waals surface area contributed by atoms with E-state index in [9.17, 15) is 9.59 Å². The number of ether oxygens (including phenoxy) is 1. The molecule has 1 amide bonds. The quantitative estimate of drug-likeness (QED) is 0.722. The molecule has 1 aliphatic heterocycles. The zero-order chi connectivity index (χ0) is 13.1. The molecule has 5 heteroatoms. The van der Waals surface area contributed by atoms with E-state index in [1.54, 1.807) is 4.90 Å². The highest BCUT2D eigenvalue weighted by Gasteiger charge is 2.37. The van der Waals surface area contributed by atoms with Crippen molar-refractivity contribution in [3.63, 3.8) is 0 Å². The number of carbonyl (C=O) groups is 2. The summed E-state index contributed by atoms with van der Waals surface area (Å²) in [6.07, 6.45) is 6.88. The highest BCUT2D eigenvalue weighted by atomic mass is 16.5. The Morgan fingerprint density at radius 2 is 1.94 bits per heavy atom. The van der Waals surface area contributed by atoms with Crippen LogP contribution in [0.2, 0.25) is 0 Å². The minimum absolute atomic E-state index is 0.163. The Balaban J connectivity index is 1.91. The molecule has 0 bridgehead atoms. The van der Waals surface area contributed by atoms with Crippen LogP contribution in [0.5, 0.6) is 0 Å². The summed E-state index contributed by atoms with van der Waals surface area (Å²) in [4.78, 5) is 24.6. The molecule has 1 saturated heterocycles. The smallest absolute Gasteiger partial charge is 0.332 e. The molecule has 2 fully saturated rings. The van der Waals surface area contributed by atoms with Crippen LogP contribution in [-0.2, 0) is 14.3 Å². The van der Waals surface area contributed by atoms with E-state index >= 15 is 0 Å². The second-order valence-corrected chi connectivity index (χ2v) is 4.90. The van der Waals surface area contributed by atoms with Crippen LogP contribution in [-0.4, -0.2) is 47.2 Å². The van der Waals surface area contributed by atoms with Gasteiger partial charge in [0.15, 0.2) is 6.10 Å². The van der Waals surface area contributed by atoms with Crippen molar-refractivity contribution < 1.29 is 19.4 Å². The maximum atomic E-state index is 12.2. The van der Waals surface area contributed by atoms with Crippen LogP contribution in [0.1, 0.15) is 25.7 Å². The first-order valence-electron chi connectivity index (χ1n) is 6.22. The van der Waals surface area contributed by atoms with Gasteiger partial charge in [-0.2, -0.15) is 0 Å². The number of terminal acetylenes is 1. The van der Waals surface area contributed by atoms with Crippen molar-refractivity contribution in [3.05, 3.63) is 0 Å². The molecule has 0 aromatic heterocycles. The van der Waals surface area contributed by atoms with E-state index in [1.807, 2.05) is 0 Å². The van der Waals surface area contributed by atoms with Crippen LogP contribution in [0.25, 0.3) is 0 Å². The lowest BCUT2D eigenvalue weighted by Gasteiger charge is -2.23. The monoisotopic (exact) mass is 251 g/mol. The van der Waals surface area contributed by atoms with E-state index < -0.39 is 18.2 Å². The maximum absolute atomic E-state index is 12.2. The van der Waals surface area contributed by atoms with Gasteiger partial charge in [-0.25, -0.2) is 4.79 Å². The Kier molecular flexibility index (Phi) is 3.87. The number of hydrogen-bond acceptors (Lipinski definition) is 3. The van der Waals surface area contributed by atoms with Crippen molar-refractivity contribution in [2.75, 3.05) is 13.1 Å². The van der Waals surface area contributed by atoms with Gasteiger partial charge in [0.2, 0.25) is 0 Å². The van der Waals surface area contributed by atoms with Crippen LogP contribution >= 0.6 is 0 Å². The molecule has 1 aliphatic carbocycles. The summed E-state index contributed by atoms with van der Waals surface area (Å²) in [6, 6.07) is 0. The molecule has 98 valence electrons. The van der Waals surface area contributed by atoms with Crippen LogP contribution in [0, 0.1) is 18.3 Å². The fraction of sp³-hybridized carbons (Fsp3) is 0.692. The summed E-state index contributed by atoms with van der Waals surface area (Å²) < 4.78 is 5.25. The molecule has 0 aromatic carbocycles. The zero-order valence-electron chi connectivity index (χ0n) is 10.2. The lowest BCUT2D eigenvalue weighted by atomic mass is 10.1. The molecule has 0 radical (unpaired) electrons. The standard InChI is InChI=1S/C13H17NO4/c1-2-7-14(8-9-3-4-9)12(15)10-5-6-11(18-10)13(16)17/h1,9-11H,3-8H2,(H,16,17)/t10-,11+/m0/s1. The average molecular weight is 251 g/mol. The maximum Gasteiger partial charge on any atom is 0.332 e. The second kappa shape index (κ2) is 5.40. The predicted molar refractivity (Wildman–Crippen MR) is 63.7 cm³/mol. The molecule has 18 heavy (non-hydrogen) atoms. The number of aliphatic carboxylic acids is 1. The van der Waals surface area contributed by atoms with Crippen LogP contribution < -0.4 is 0 Å². The normalized spacial score (nSPS) is 26.6. The summed E-state index contributed by atoms with van der Waals surface area (Å²) in [5.41, 5.74) is 0. The minimum Gasteiger partial charge on any atom is -0.479 e. The summed E-state index contributed by atoms with van der Waals surface area (Å²) in [5.74, 6) is 1.86. The van der Waals surface area contributed by atoms with Gasteiger partial charge < -0.3 is 14.7 Å². The van der Waals surface area contributed by atoms with Gasteiger partial charge >= 0.3 is 5.97 Å². The Bertz CT molecular complexity index is 383. The third-order valence-electron chi connectivity index (χ3n) is 3.34. The Labute approximate surface area is 106 Å². The van der Waals surface area contributed by atoms with E-state index in [0.29, 0.717) is 25.3 Å². The first kappa shape index (κ1) is 12.9. The number of rotatable bonds is 5. The van der Waals surface area contributed by atoms with Crippen LogP contribution in [0.4, 0.5) is 0 Å². The van der Waals surface area contributed by atoms with E-state index in [2.05, 4.69) is 5.92 Å². The van der Waals surface area contributed by atoms with Crippen LogP contribution in [0.15, 0.2) is 0 Å². The van der Waals surface area contributed by atoms with Gasteiger partial charge in [-0.1, -0.05) is 5.92 Å². The Hall–Kier alpha value is -1.54. The number of carboxylic acids is 1. The van der Waals surface area contributed by atoms with Gasteiger partial charge in [0.1, 0.15) is 6.10 Å². The highest BCUT2D eigenvalue weighted by molar-refractivity contribution is 5.83. The summed E-state index contributed by atoms with van der Waals surface area (Å²) in [7, 11) is 0. The summed E-state index contributed by atoms with van der Waals surface area (Å²) in [5, 5.41) is 8.83. The molecule has 0 unspecified atom stereocenters. The summed E-state index contributed by atoms with van der Waals surface area (Å²) in [6.45, 7) is 0.938. The second-order valence-electron chi connectivity index (χ2n) is 4.90. The number of nitrogens with zero attached hydrogens (tertiary/aromatic N) is 1. The van der Waals surface area contributed by atoms with Crippen LogP contribution in [0.3, 0.4) is 0 Å². The van der Waals surface area contributed by atoms with Crippen molar-refractivity contribution in [1.29, 1.82) is 0 Å². The molecule has 1 saturated carbocycles. The Morgan fingerprint density at radius 3 is 2.44 bits per heavy atom. The number of carboxylic acid groups (broad SMARTS) is 1. The first-order valence-corrected chi connectivity index (χ1v) is 6.22. The summed E-state index contributed by atoms with van der Waals surface area (Å²) >= 11 is 0. The van der Waals surface area contributed by atoms with Crippen molar-refractivity contribution in [2.45, 2.75) is 37.9 Å². The van der Waals surface area contributed by atoms with Gasteiger partial charge in [0, 0.05) is 6.54 Å². The number of hydrogen-bond donors (Lipinski definition) is 1. The lowest BCUT2D eigenvalue weighted by molar-refractivity contribution is -0.154. The van der Waals surface area contributed by atoms with E-state index in [0.717, 1.165) is 12.8 Å². The van der Waals surface area contributed by atoms with Crippen molar-refractivity contribution in [2.24, 2.45) is 5.92 Å². The van der Waals surface area contributed by atoms with Gasteiger partial charge in [-0.3, -0.25) is 4.79 Å². The minimum atomic E-state index is -1.00. The highest BCUT2D eigenvalue weighted by Crippen LogP contribution is 2.30. The lowest BCUT2D eigenvalue weighted by Crippen LogP contribution is -2.41. The molecule has 2 aliphatic rings. The zero-order valence-corrected chi connectivity index (χ0v) is 10.2.